The molecule has 6 nitrogen and oxygen atoms in total. The summed E-state index contributed by atoms with van der Waals surface area (Å²) in [4.78, 5) is 28.3. The quantitative estimate of drug-likeness (QED) is 0.792. The smallest absolute Gasteiger partial charge is 0.243 e. The lowest BCUT2D eigenvalue weighted by molar-refractivity contribution is -0.125. The van der Waals surface area contributed by atoms with Gasteiger partial charge in [-0.1, -0.05) is 43.8 Å². The number of carbonyl (C=O) groups excluding carboxylic acids is 2. The van der Waals surface area contributed by atoms with Crippen molar-refractivity contribution in [2.45, 2.75) is 20.8 Å². The number of benzene rings is 1. The van der Waals surface area contributed by atoms with E-state index in [2.05, 4.69) is 16.4 Å². The second kappa shape index (κ2) is 6.94. The normalized spacial score (nSPS) is 18.7. The maximum Gasteiger partial charge on any atom is 0.243 e. The molecule has 0 radical (unpaired) electrons. The van der Waals surface area contributed by atoms with Crippen LogP contribution in [0.5, 0.6) is 0 Å². The molecule has 2 heterocycles. The number of nitrogens with one attached hydrogen (secondary N) is 2. The molecule has 0 unspecified atom stereocenters. The molecule has 0 saturated heterocycles. The van der Waals surface area contributed by atoms with Crippen LogP contribution >= 0.6 is 11.8 Å². The first-order chi connectivity index (χ1) is 12.8. The number of allylic oxidation sites excluding steroid dienone is 1. The number of aromatic amines is 1. The van der Waals surface area contributed by atoms with E-state index in [1.165, 1.54) is 0 Å². The molecule has 2 N–H and O–H groups in total. The summed E-state index contributed by atoms with van der Waals surface area (Å²) in [6, 6.07) is 11.6. The Morgan fingerprint density at radius 3 is 2.67 bits per heavy atom. The maximum absolute atomic E-state index is 12.8. The summed E-state index contributed by atoms with van der Waals surface area (Å²) >= 11 is 1.12. The van der Waals surface area contributed by atoms with Gasteiger partial charge in [0, 0.05) is 27.6 Å². The largest absolute Gasteiger partial charge is 0.358 e. The summed E-state index contributed by atoms with van der Waals surface area (Å²) in [6.45, 7) is 5.25. The third kappa shape index (κ3) is 3.11. The average Bonchev–Trinajstić information content (AvgIpc) is 2.95. The number of para-hydroxylation sites is 1. The SMILES string of the molecule is Cc1[nH]c2ccccc2c1C(=O)CSC1=C(C#N)C(C)(C)[C@H](C#N)C(=O)N1. The maximum atomic E-state index is 12.8. The number of H-pyrrole nitrogens is 1. The van der Waals surface area contributed by atoms with E-state index in [1.807, 2.05) is 37.3 Å². The average molecular weight is 378 g/mol. The minimum absolute atomic E-state index is 0.0801. The summed E-state index contributed by atoms with van der Waals surface area (Å²) in [5.41, 5.74) is 1.71. The van der Waals surface area contributed by atoms with Crippen LogP contribution in [0.4, 0.5) is 0 Å². The van der Waals surface area contributed by atoms with E-state index in [9.17, 15) is 20.1 Å². The molecule has 136 valence electrons. The van der Waals surface area contributed by atoms with Crippen LogP contribution in [0.1, 0.15) is 29.9 Å². The molecule has 0 fully saturated rings. The fourth-order valence-electron chi connectivity index (χ4n) is 3.38. The highest BCUT2D eigenvalue weighted by Gasteiger charge is 2.44. The van der Waals surface area contributed by atoms with Crippen molar-refractivity contribution in [2.75, 3.05) is 5.75 Å². The number of Topliss-reactive ketones (excluding diaryl/α,β-unsaturated/α-hetero) is 1. The highest BCUT2D eigenvalue weighted by molar-refractivity contribution is 8.03. The Labute approximate surface area is 161 Å². The zero-order valence-corrected chi connectivity index (χ0v) is 16.0. The number of ketones is 1. The Balaban J connectivity index is 1.89. The third-order valence-corrected chi connectivity index (χ3v) is 5.85. The van der Waals surface area contributed by atoms with Crippen molar-refractivity contribution in [2.24, 2.45) is 11.3 Å². The molecule has 0 aliphatic carbocycles. The van der Waals surface area contributed by atoms with Gasteiger partial charge < -0.3 is 10.3 Å². The molecule has 0 bridgehead atoms. The van der Waals surface area contributed by atoms with Gasteiger partial charge in [0.15, 0.2) is 5.78 Å². The van der Waals surface area contributed by atoms with Gasteiger partial charge >= 0.3 is 0 Å². The van der Waals surface area contributed by atoms with Gasteiger partial charge in [-0.25, -0.2) is 0 Å². The van der Waals surface area contributed by atoms with Crippen LogP contribution in [-0.2, 0) is 4.79 Å². The number of aromatic nitrogens is 1. The van der Waals surface area contributed by atoms with Gasteiger partial charge in [-0.15, -0.1) is 0 Å². The highest BCUT2D eigenvalue weighted by atomic mass is 32.2. The second-order valence-electron chi connectivity index (χ2n) is 6.97. The molecule has 0 spiro atoms. The lowest BCUT2D eigenvalue weighted by Gasteiger charge is -2.34. The number of fused-ring (bicyclic) bond motifs is 1. The minimum Gasteiger partial charge on any atom is -0.358 e. The predicted octanol–water partition coefficient (Wildman–Crippen LogP) is 3.42. The summed E-state index contributed by atoms with van der Waals surface area (Å²) in [6.07, 6.45) is 0. The van der Waals surface area contributed by atoms with E-state index in [-0.39, 0.29) is 11.5 Å². The number of aryl methyl sites for hydroxylation is 1. The summed E-state index contributed by atoms with van der Waals surface area (Å²) in [7, 11) is 0. The van der Waals surface area contributed by atoms with E-state index < -0.39 is 17.2 Å². The second-order valence-corrected chi connectivity index (χ2v) is 7.96. The number of carbonyl (C=O) groups is 2. The van der Waals surface area contributed by atoms with Crippen LogP contribution in [0.15, 0.2) is 34.9 Å². The molecule has 1 aromatic heterocycles. The first-order valence-electron chi connectivity index (χ1n) is 8.40. The van der Waals surface area contributed by atoms with E-state index >= 15 is 0 Å². The molecule has 2 aromatic rings. The standard InChI is InChI=1S/C20H18N4O2S/c1-11-17(12-6-4-5-7-15(12)23-11)16(25)10-27-19-14(9-22)20(2,3)13(8-21)18(26)24-19/h4-7,13,23H,10H2,1-3H3,(H,24,26)/t13-/m1/s1. The van der Waals surface area contributed by atoms with Gasteiger partial charge in [0.1, 0.15) is 5.92 Å². The van der Waals surface area contributed by atoms with Gasteiger partial charge in [-0.3, -0.25) is 9.59 Å². The fraction of sp³-hybridized carbons (Fsp3) is 0.300. The Morgan fingerprint density at radius 2 is 2.00 bits per heavy atom. The van der Waals surface area contributed by atoms with Crippen molar-refractivity contribution >= 4 is 34.4 Å². The summed E-state index contributed by atoms with van der Waals surface area (Å²) in [5, 5.41) is 22.7. The third-order valence-electron chi connectivity index (χ3n) is 4.85. The van der Waals surface area contributed by atoms with Crippen LogP contribution < -0.4 is 5.32 Å². The van der Waals surface area contributed by atoms with Gasteiger partial charge in [0.2, 0.25) is 5.91 Å². The van der Waals surface area contributed by atoms with Crippen LogP contribution in [-0.4, -0.2) is 22.4 Å². The van der Waals surface area contributed by atoms with Crippen molar-refractivity contribution in [3.8, 4) is 12.1 Å². The van der Waals surface area contributed by atoms with Gasteiger partial charge in [-0.05, 0) is 13.0 Å². The molecule has 1 aliphatic rings. The number of rotatable bonds is 4. The first kappa shape index (κ1) is 18.8. The highest BCUT2D eigenvalue weighted by Crippen LogP contribution is 2.42. The van der Waals surface area contributed by atoms with E-state index in [0.717, 1.165) is 28.4 Å². The van der Waals surface area contributed by atoms with Gasteiger partial charge in [0.25, 0.3) is 0 Å². The Kier molecular flexibility index (Phi) is 4.82. The monoisotopic (exact) mass is 378 g/mol. The minimum atomic E-state index is -0.942. The van der Waals surface area contributed by atoms with Crippen molar-refractivity contribution in [3.63, 3.8) is 0 Å². The molecular formula is C20H18N4O2S. The molecule has 1 amide bonds. The van der Waals surface area contributed by atoms with Gasteiger partial charge in [-0.2, -0.15) is 10.5 Å². The number of amides is 1. The Hall–Kier alpha value is -3.03. The zero-order valence-electron chi connectivity index (χ0n) is 15.2. The molecule has 3 rings (SSSR count). The number of hydrogen-bond acceptors (Lipinski definition) is 5. The molecule has 27 heavy (non-hydrogen) atoms. The van der Waals surface area contributed by atoms with Crippen LogP contribution in [0.3, 0.4) is 0 Å². The lowest BCUT2D eigenvalue weighted by atomic mass is 9.72. The topological polar surface area (TPSA) is 110 Å². The number of nitriles is 2. The first-order valence-corrected chi connectivity index (χ1v) is 9.38. The number of nitrogens with zero attached hydrogens (tertiary/aromatic N) is 2. The van der Waals surface area contributed by atoms with Crippen LogP contribution in [0, 0.1) is 40.9 Å². The Bertz CT molecular complexity index is 1070. The van der Waals surface area contributed by atoms with Crippen LogP contribution in [0.2, 0.25) is 0 Å². The van der Waals surface area contributed by atoms with Crippen LogP contribution in [0.25, 0.3) is 10.9 Å². The molecule has 0 saturated carbocycles. The molecule has 7 heteroatoms. The predicted molar refractivity (Wildman–Crippen MR) is 103 cm³/mol. The van der Waals surface area contributed by atoms with Crippen molar-refractivity contribution in [3.05, 3.63) is 46.1 Å². The zero-order chi connectivity index (χ0) is 19.8. The molecule has 1 atom stereocenters. The van der Waals surface area contributed by atoms with Gasteiger partial charge in [0.05, 0.1) is 28.5 Å². The summed E-state index contributed by atoms with van der Waals surface area (Å²) < 4.78 is 0. The van der Waals surface area contributed by atoms with Crippen molar-refractivity contribution in [1.29, 1.82) is 10.5 Å². The van der Waals surface area contributed by atoms with E-state index in [1.54, 1.807) is 13.8 Å². The van der Waals surface area contributed by atoms with E-state index in [4.69, 9.17) is 0 Å². The molecular weight excluding hydrogens is 360 g/mol. The van der Waals surface area contributed by atoms with E-state index in [0.29, 0.717) is 16.2 Å². The lowest BCUT2D eigenvalue weighted by Crippen LogP contribution is -2.44. The van der Waals surface area contributed by atoms with Crippen molar-refractivity contribution < 1.29 is 9.59 Å². The van der Waals surface area contributed by atoms with Crippen molar-refractivity contribution in [1.82, 2.24) is 10.3 Å². The summed E-state index contributed by atoms with van der Waals surface area (Å²) in [5.74, 6) is -1.39. The number of thioether (sulfide) groups is 1. The Morgan fingerprint density at radius 1 is 1.30 bits per heavy atom. The fourth-order valence-corrected chi connectivity index (χ4v) is 4.43. The number of hydrogen-bond donors (Lipinski definition) is 2. The molecule has 1 aliphatic heterocycles. The molecule has 1 aromatic carbocycles.